The van der Waals surface area contributed by atoms with Crippen molar-refractivity contribution in [3.8, 4) is 0 Å². The topological polar surface area (TPSA) is 48.5 Å². The molecule has 1 fully saturated rings. The molecule has 0 spiro atoms. The number of rotatable bonds is 5. The lowest BCUT2D eigenvalue weighted by atomic mass is 10.1. The third-order valence-corrected chi connectivity index (χ3v) is 6.12. The molecule has 0 atom stereocenters. The zero-order chi connectivity index (χ0) is 25.1. The van der Waals surface area contributed by atoms with Gasteiger partial charge >= 0.3 is 12.4 Å². The molecule has 0 bridgehead atoms. The summed E-state index contributed by atoms with van der Waals surface area (Å²) < 4.78 is 79.0. The van der Waals surface area contributed by atoms with Crippen molar-refractivity contribution < 1.29 is 31.1 Å². The summed E-state index contributed by atoms with van der Waals surface area (Å²) in [5.41, 5.74) is -0.878. The molecule has 0 aliphatic carbocycles. The van der Waals surface area contributed by atoms with Gasteiger partial charge in [-0.25, -0.2) is 4.98 Å². The van der Waals surface area contributed by atoms with Crippen molar-refractivity contribution in [2.45, 2.75) is 23.8 Å². The van der Waals surface area contributed by atoms with Crippen molar-refractivity contribution in [2.24, 2.45) is 0 Å². The van der Waals surface area contributed by atoms with Crippen molar-refractivity contribution in [3.63, 3.8) is 0 Å². The second-order valence-electron chi connectivity index (χ2n) is 7.62. The van der Waals surface area contributed by atoms with E-state index >= 15 is 0 Å². The molecule has 0 radical (unpaired) electrons. The van der Waals surface area contributed by atoms with Gasteiger partial charge in [0.1, 0.15) is 0 Å². The van der Waals surface area contributed by atoms with Crippen molar-refractivity contribution in [2.75, 3.05) is 49.2 Å². The average Bonchev–Trinajstić information content (AvgIpc) is 2.97. The van der Waals surface area contributed by atoms with Gasteiger partial charge in [-0.05, 0) is 36.9 Å². The third-order valence-electron chi connectivity index (χ3n) is 5.17. The van der Waals surface area contributed by atoms with Crippen LogP contribution in [0.1, 0.15) is 22.3 Å². The van der Waals surface area contributed by atoms with Crippen molar-refractivity contribution in [1.82, 2.24) is 9.88 Å². The van der Waals surface area contributed by atoms with Gasteiger partial charge in [0.15, 0.2) is 0 Å². The van der Waals surface area contributed by atoms with Crippen LogP contribution in [0.5, 0.6) is 0 Å². The van der Waals surface area contributed by atoms with Crippen LogP contribution in [0.25, 0.3) is 0 Å². The molecule has 1 aromatic carbocycles. The number of nitrogens with one attached hydrogen (secondary N) is 1. The Balaban J connectivity index is 1.94. The largest absolute Gasteiger partial charge is 0.417 e. The van der Waals surface area contributed by atoms with E-state index in [0.29, 0.717) is 10.7 Å². The van der Waals surface area contributed by atoms with Crippen molar-refractivity contribution >= 4 is 40.6 Å². The fourth-order valence-corrected chi connectivity index (χ4v) is 4.33. The van der Waals surface area contributed by atoms with Crippen molar-refractivity contribution in [1.29, 1.82) is 0 Å². The molecule has 5 nitrogen and oxygen atoms in total. The molecule has 1 saturated heterocycles. The Bertz CT molecular complexity index is 1030. The van der Waals surface area contributed by atoms with Crippen LogP contribution in [0.3, 0.4) is 0 Å². The maximum Gasteiger partial charge on any atom is 0.417 e. The first-order valence-corrected chi connectivity index (χ1v) is 11.7. The summed E-state index contributed by atoms with van der Waals surface area (Å²) in [5, 5.41) is 2.62. The van der Waals surface area contributed by atoms with Crippen LogP contribution in [0, 0.1) is 0 Å². The Morgan fingerprint density at radius 2 is 1.85 bits per heavy atom. The van der Waals surface area contributed by atoms with Crippen LogP contribution in [0.4, 0.5) is 37.7 Å². The Hall–Kier alpha value is -2.18. The normalized spacial score (nSPS) is 15.8. The summed E-state index contributed by atoms with van der Waals surface area (Å²) in [6.45, 7) is -0.805. The van der Waals surface area contributed by atoms with Gasteiger partial charge in [-0.2, -0.15) is 26.3 Å². The predicted octanol–water partition coefficient (Wildman–Crippen LogP) is 5.80. The van der Waals surface area contributed by atoms with Gasteiger partial charge in [0, 0.05) is 38.1 Å². The monoisotopic (exact) mass is 526 g/mol. The van der Waals surface area contributed by atoms with E-state index in [2.05, 4.69) is 10.3 Å². The van der Waals surface area contributed by atoms with Crippen LogP contribution in [0.2, 0.25) is 5.02 Å². The lowest BCUT2D eigenvalue weighted by Crippen LogP contribution is -2.37. The smallest absolute Gasteiger partial charge is 0.370 e. The van der Waals surface area contributed by atoms with Crippen LogP contribution in [0.15, 0.2) is 35.5 Å². The predicted molar refractivity (Wildman–Crippen MR) is 120 cm³/mol. The van der Waals surface area contributed by atoms with E-state index in [1.165, 1.54) is 33.8 Å². The second kappa shape index (κ2) is 10.6. The molecule has 1 aliphatic heterocycles. The Morgan fingerprint density at radius 1 is 1.12 bits per heavy atom. The number of thioether (sulfide) groups is 1. The first-order chi connectivity index (χ1) is 15.9. The van der Waals surface area contributed by atoms with E-state index < -0.39 is 35.4 Å². The second-order valence-corrected chi connectivity index (χ2v) is 8.85. The molecule has 2 aromatic rings. The molecule has 1 aromatic heterocycles. The Kier molecular flexibility index (Phi) is 8.25. The lowest BCUT2D eigenvalue weighted by Gasteiger charge is -2.27. The number of pyridine rings is 1. The van der Waals surface area contributed by atoms with E-state index in [1.807, 2.05) is 0 Å². The maximum atomic E-state index is 13.5. The number of carbonyl (C=O) groups is 1. The number of alkyl halides is 6. The standard InChI is InChI=1S/C21H21ClF6N4OS/c1-34-18-9-13(3-4-29-18)30-19(33)14-10-16(22)15(21(26,27)28)11-17(14)32-6-2-5-31(7-8-32)12-20(23,24)25/h3-4,9-11H,2,5-8,12H2,1H3,(H,29,30,33). The molecule has 0 saturated carbocycles. The van der Waals surface area contributed by atoms with Gasteiger partial charge in [0.25, 0.3) is 5.91 Å². The highest BCUT2D eigenvalue weighted by Gasteiger charge is 2.36. The number of amides is 1. The summed E-state index contributed by atoms with van der Waals surface area (Å²) in [7, 11) is 0. The minimum Gasteiger partial charge on any atom is -0.370 e. The lowest BCUT2D eigenvalue weighted by molar-refractivity contribution is -0.145. The molecule has 2 heterocycles. The zero-order valence-corrected chi connectivity index (χ0v) is 19.5. The molecule has 3 rings (SSSR count). The highest BCUT2D eigenvalue weighted by Crippen LogP contribution is 2.39. The van der Waals surface area contributed by atoms with E-state index in [1.54, 1.807) is 12.3 Å². The number of benzene rings is 1. The Morgan fingerprint density at radius 3 is 2.50 bits per heavy atom. The molecular formula is C21H21ClF6N4OS. The van der Waals surface area contributed by atoms with Crippen LogP contribution in [-0.4, -0.2) is 60.9 Å². The summed E-state index contributed by atoms with van der Waals surface area (Å²) in [6, 6.07) is 4.87. The SMILES string of the molecule is CSc1cc(NC(=O)c2cc(Cl)c(C(F)(F)F)cc2N2CCCN(CC(F)(F)F)CC2)ccn1. The molecule has 13 heteroatoms. The third kappa shape index (κ3) is 6.92. The molecule has 186 valence electrons. The minimum absolute atomic E-state index is 0.0150. The molecule has 34 heavy (non-hydrogen) atoms. The summed E-state index contributed by atoms with van der Waals surface area (Å²) in [5.74, 6) is -0.694. The quantitative estimate of drug-likeness (QED) is 0.394. The first-order valence-electron chi connectivity index (χ1n) is 10.1. The van der Waals surface area contributed by atoms with E-state index in [0.717, 1.165) is 12.1 Å². The number of aromatic nitrogens is 1. The number of anilines is 2. The molecule has 1 amide bonds. The van der Waals surface area contributed by atoms with Gasteiger partial charge in [0.2, 0.25) is 0 Å². The maximum absolute atomic E-state index is 13.5. The molecule has 1 aliphatic rings. The highest BCUT2D eigenvalue weighted by atomic mass is 35.5. The fraction of sp³-hybridized carbons (Fsp3) is 0.429. The number of hydrogen-bond acceptors (Lipinski definition) is 5. The Labute approximate surface area is 201 Å². The minimum atomic E-state index is -4.77. The first kappa shape index (κ1) is 26.4. The van der Waals surface area contributed by atoms with Gasteiger partial charge in [-0.3, -0.25) is 9.69 Å². The van der Waals surface area contributed by atoms with E-state index in [9.17, 15) is 31.1 Å². The zero-order valence-electron chi connectivity index (χ0n) is 17.9. The summed E-state index contributed by atoms with van der Waals surface area (Å²) in [4.78, 5) is 19.9. The van der Waals surface area contributed by atoms with Gasteiger partial charge in [-0.15, -0.1) is 11.8 Å². The highest BCUT2D eigenvalue weighted by molar-refractivity contribution is 7.98. The average molecular weight is 527 g/mol. The van der Waals surface area contributed by atoms with Crippen molar-refractivity contribution in [3.05, 3.63) is 46.6 Å². The molecular weight excluding hydrogens is 506 g/mol. The molecule has 0 unspecified atom stereocenters. The van der Waals surface area contributed by atoms with E-state index in [4.69, 9.17) is 11.6 Å². The van der Waals surface area contributed by atoms with Gasteiger partial charge in [0.05, 0.1) is 33.4 Å². The fourth-order valence-electron chi connectivity index (χ4n) is 3.64. The van der Waals surface area contributed by atoms with Crippen LogP contribution >= 0.6 is 23.4 Å². The van der Waals surface area contributed by atoms with Gasteiger partial charge in [-0.1, -0.05) is 11.6 Å². The van der Waals surface area contributed by atoms with Crippen LogP contribution < -0.4 is 10.2 Å². The number of nitrogens with zero attached hydrogens (tertiary/aromatic N) is 3. The molecule has 1 N–H and O–H groups in total. The number of halogens is 7. The van der Waals surface area contributed by atoms with Gasteiger partial charge < -0.3 is 10.2 Å². The van der Waals surface area contributed by atoms with Crippen LogP contribution in [-0.2, 0) is 6.18 Å². The summed E-state index contributed by atoms with van der Waals surface area (Å²) in [6.07, 6.45) is -5.60. The number of hydrogen-bond donors (Lipinski definition) is 1. The number of carbonyl (C=O) groups excluding carboxylic acids is 1. The van der Waals surface area contributed by atoms with E-state index in [-0.39, 0.29) is 43.9 Å². The summed E-state index contributed by atoms with van der Waals surface area (Å²) >= 11 is 7.23.